The number of carbonyl (C=O) groups is 2. The highest BCUT2D eigenvalue weighted by Crippen LogP contribution is 2.21. The summed E-state index contributed by atoms with van der Waals surface area (Å²) in [4.78, 5) is 28.8. The fourth-order valence-corrected chi connectivity index (χ4v) is 4.09. The first-order valence-electron chi connectivity index (χ1n) is 10.8. The maximum Gasteiger partial charge on any atom is 0.253 e. The monoisotopic (exact) mass is 386 g/mol. The molecule has 0 radical (unpaired) electrons. The van der Waals surface area contributed by atoms with Gasteiger partial charge in [0.2, 0.25) is 5.91 Å². The van der Waals surface area contributed by atoms with Gasteiger partial charge in [-0.15, -0.1) is 0 Å². The van der Waals surface area contributed by atoms with Gasteiger partial charge >= 0.3 is 0 Å². The molecule has 1 atom stereocenters. The highest BCUT2D eigenvalue weighted by molar-refractivity contribution is 5.94. The number of hydrogen-bond donors (Lipinski definition) is 0. The Balaban J connectivity index is 1.48. The van der Waals surface area contributed by atoms with Crippen molar-refractivity contribution in [2.45, 2.75) is 52.4 Å². The second-order valence-corrected chi connectivity index (χ2v) is 8.63. The van der Waals surface area contributed by atoms with E-state index in [4.69, 9.17) is 4.74 Å². The molecule has 0 N–H and O–H groups in total. The Bertz CT molecular complexity index is 650. The van der Waals surface area contributed by atoms with Crippen LogP contribution < -0.4 is 4.74 Å². The standard InChI is InChI=1S/C23H34N2O3/c1-18(2)15-22(26)25-14-6-7-19(16-25)17-28-21-10-8-20(9-11-21)23(27)24-12-4-3-5-13-24/h8-11,18-19H,3-7,12-17H2,1-2H3/t19-/m0/s1. The minimum atomic E-state index is 0.123. The molecule has 1 aromatic carbocycles. The van der Waals surface area contributed by atoms with Crippen molar-refractivity contribution in [2.75, 3.05) is 32.8 Å². The van der Waals surface area contributed by atoms with Crippen molar-refractivity contribution in [2.24, 2.45) is 11.8 Å². The number of rotatable bonds is 6. The summed E-state index contributed by atoms with van der Waals surface area (Å²) in [7, 11) is 0. The molecule has 2 saturated heterocycles. The van der Waals surface area contributed by atoms with E-state index >= 15 is 0 Å². The Kier molecular flexibility index (Phi) is 7.35. The van der Waals surface area contributed by atoms with E-state index in [0.717, 1.165) is 63.2 Å². The van der Waals surface area contributed by atoms with Crippen LogP contribution >= 0.6 is 0 Å². The van der Waals surface area contributed by atoms with E-state index in [0.29, 0.717) is 24.9 Å². The fourth-order valence-electron chi connectivity index (χ4n) is 4.09. The number of benzene rings is 1. The first-order chi connectivity index (χ1) is 13.5. The van der Waals surface area contributed by atoms with Crippen molar-refractivity contribution in [3.63, 3.8) is 0 Å². The summed E-state index contributed by atoms with van der Waals surface area (Å²) < 4.78 is 5.97. The summed E-state index contributed by atoms with van der Waals surface area (Å²) in [5.74, 6) is 1.95. The van der Waals surface area contributed by atoms with Crippen LogP contribution in [0.3, 0.4) is 0 Å². The molecule has 2 heterocycles. The SMILES string of the molecule is CC(C)CC(=O)N1CCC[C@H](COc2ccc(C(=O)N3CCCCC3)cc2)C1. The van der Waals surface area contributed by atoms with E-state index in [2.05, 4.69) is 13.8 Å². The van der Waals surface area contributed by atoms with Gasteiger partial charge in [0.15, 0.2) is 0 Å². The maximum atomic E-state index is 12.5. The van der Waals surface area contributed by atoms with Crippen molar-refractivity contribution in [1.29, 1.82) is 0 Å². The van der Waals surface area contributed by atoms with E-state index in [-0.39, 0.29) is 11.8 Å². The summed E-state index contributed by atoms with van der Waals surface area (Å²) in [6, 6.07) is 7.51. The zero-order valence-electron chi connectivity index (χ0n) is 17.4. The van der Waals surface area contributed by atoms with Crippen LogP contribution in [0.4, 0.5) is 0 Å². The summed E-state index contributed by atoms with van der Waals surface area (Å²) >= 11 is 0. The van der Waals surface area contributed by atoms with Crippen LogP contribution in [0.5, 0.6) is 5.75 Å². The quantitative estimate of drug-likeness (QED) is 0.743. The van der Waals surface area contributed by atoms with Crippen LogP contribution in [0.25, 0.3) is 0 Å². The Morgan fingerprint density at radius 2 is 1.68 bits per heavy atom. The summed E-state index contributed by atoms with van der Waals surface area (Å²) in [5, 5.41) is 0. The lowest BCUT2D eigenvalue weighted by Crippen LogP contribution is -2.41. The third kappa shape index (κ3) is 5.73. The van der Waals surface area contributed by atoms with E-state index < -0.39 is 0 Å². The Labute approximate surface area is 169 Å². The highest BCUT2D eigenvalue weighted by atomic mass is 16.5. The molecule has 2 aliphatic rings. The van der Waals surface area contributed by atoms with Crippen molar-refractivity contribution in [3.8, 4) is 5.75 Å². The fraction of sp³-hybridized carbons (Fsp3) is 0.652. The lowest BCUT2D eigenvalue weighted by molar-refractivity contribution is -0.134. The van der Waals surface area contributed by atoms with Crippen molar-refractivity contribution >= 4 is 11.8 Å². The molecule has 5 heteroatoms. The van der Waals surface area contributed by atoms with Gasteiger partial charge in [0.05, 0.1) is 6.61 Å². The molecule has 2 amide bonds. The maximum absolute atomic E-state index is 12.5. The van der Waals surface area contributed by atoms with Gasteiger partial charge in [-0.05, 0) is 62.3 Å². The molecule has 2 aliphatic heterocycles. The second kappa shape index (κ2) is 9.94. The molecule has 2 fully saturated rings. The zero-order chi connectivity index (χ0) is 19.9. The number of likely N-dealkylation sites (tertiary alicyclic amines) is 2. The molecule has 0 spiro atoms. The number of amides is 2. The number of carbonyl (C=O) groups excluding carboxylic acids is 2. The molecular weight excluding hydrogens is 352 g/mol. The molecule has 0 saturated carbocycles. The zero-order valence-corrected chi connectivity index (χ0v) is 17.4. The molecule has 5 nitrogen and oxygen atoms in total. The molecule has 0 unspecified atom stereocenters. The van der Waals surface area contributed by atoms with Crippen molar-refractivity contribution < 1.29 is 14.3 Å². The number of nitrogens with zero attached hydrogens (tertiary/aromatic N) is 2. The summed E-state index contributed by atoms with van der Waals surface area (Å²) in [6.07, 6.45) is 6.19. The number of hydrogen-bond acceptors (Lipinski definition) is 3. The van der Waals surface area contributed by atoms with Gasteiger partial charge in [0.25, 0.3) is 5.91 Å². The minimum absolute atomic E-state index is 0.123. The van der Waals surface area contributed by atoms with Crippen LogP contribution in [0.2, 0.25) is 0 Å². The predicted molar refractivity (Wildman–Crippen MR) is 110 cm³/mol. The van der Waals surface area contributed by atoms with E-state index in [1.807, 2.05) is 34.1 Å². The van der Waals surface area contributed by atoms with Gasteiger partial charge < -0.3 is 14.5 Å². The van der Waals surface area contributed by atoms with Crippen LogP contribution in [0, 0.1) is 11.8 Å². The third-order valence-corrected chi connectivity index (χ3v) is 5.68. The predicted octanol–water partition coefficient (Wildman–Crippen LogP) is 3.98. The summed E-state index contributed by atoms with van der Waals surface area (Å²) in [6.45, 7) is 8.18. The van der Waals surface area contributed by atoms with Crippen LogP contribution in [-0.2, 0) is 4.79 Å². The molecule has 1 aromatic rings. The Hall–Kier alpha value is -2.04. The van der Waals surface area contributed by atoms with E-state index in [1.165, 1.54) is 6.42 Å². The first kappa shape index (κ1) is 20.7. The largest absolute Gasteiger partial charge is 0.493 e. The van der Waals surface area contributed by atoms with Gasteiger partial charge in [-0.1, -0.05) is 13.8 Å². The van der Waals surface area contributed by atoms with Gasteiger partial charge in [-0.3, -0.25) is 9.59 Å². The summed E-state index contributed by atoms with van der Waals surface area (Å²) in [5.41, 5.74) is 0.734. The van der Waals surface area contributed by atoms with Crippen molar-refractivity contribution in [3.05, 3.63) is 29.8 Å². The van der Waals surface area contributed by atoms with Gasteiger partial charge in [-0.25, -0.2) is 0 Å². The van der Waals surface area contributed by atoms with E-state index in [1.54, 1.807) is 0 Å². The van der Waals surface area contributed by atoms with Crippen LogP contribution in [0.1, 0.15) is 62.7 Å². The molecule has 0 aliphatic carbocycles. The first-order valence-corrected chi connectivity index (χ1v) is 10.8. The average molecular weight is 387 g/mol. The molecule has 0 bridgehead atoms. The molecular formula is C23H34N2O3. The minimum Gasteiger partial charge on any atom is -0.493 e. The van der Waals surface area contributed by atoms with Gasteiger partial charge in [0.1, 0.15) is 5.75 Å². The molecule has 3 rings (SSSR count). The lowest BCUT2D eigenvalue weighted by Gasteiger charge is -2.33. The normalized spacial score (nSPS) is 20.3. The number of ether oxygens (including phenoxy) is 1. The van der Waals surface area contributed by atoms with Gasteiger partial charge in [-0.2, -0.15) is 0 Å². The van der Waals surface area contributed by atoms with Crippen LogP contribution in [-0.4, -0.2) is 54.4 Å². The third-order valence-electron chi connectivity index (χ3n) is 5.68. The number of piperidine rings is 2. The molecule has 0 aromatic heterocycles. The average Bonchev–Trinajstić information content (AvgIpc) is 2.72. The Morgan fingerprint density at radius 1 is 1.00 bits per heavy atom. The molecule has 28 heavy (non-hydrogen) atoms. The highest BCUT2D eigenvalue weighted by Gasteiger charge is 2.24. The van der Waals surface area contributed by atoms with E-state index in [9.17, 15) is 9.59 Å². The smallest absolute Gasteiger partial charge is 0.253 e. The van der Waals surface area contributed by atoms with Gasteiger partial charge in [0, 0.05) is 44.1 Å². The Morgan fingerprint density at radius 3 is 2.36 bits per heavy atom. The second-order valence-electron chi connectivity index (χ2n) is 8.63. The van der Waals surface area contributed by atoms with Crippen LogP contribution in [0.15, 0.2) is 24.3 Å². The van der Waals surface area contributed by atoms with Crippen molar-refractivity contribution in [1.82, 2.24) is 9.80 Å². The topological polar surface area (TPSA) is 49.9 Å². The molecule has 154 valence electrons. The lowest BCUT2D eigenvalue weighted by atomic mass is 9.98.